The smallest absolute Gasteiger partial charge is 0.134 e. The molecule has 0 unspecified atom stereocenters. The molecule has 0 bridgehead atoms. The molecule has 0 saturated heterocycles. The van der Waals surface area contributed by atoms with Gasteiger partial charge in [-0.2, -0.15) is 0 Å². The summed E-state index contributed by atoms with van der Waals surface area (Å²) in [4.78, 5) is 4.45. The molecule has 0 spiro atoms. The van der Waals surface area contributed by atoms with Crippen LogP contribution in [0.2, 0.25) is 0 Å². The summed E-state index contributed by atoms with van der Waals surface area (Å²) in [6.07, 6.45) is 0.523. The minimum atomic E-state index is 0.0731. The molecule has 1 N–H and O–H groups in total. The van der Waals surface area contributed by atoms with Gasteiger partial charge in [-0.1, -0.05) is 5.21 Å². The Bertz CT molecular complexity index is 538. The predicted molar refractivity (Wildman–Crippen MR) is 67.5 cm³/mol. The maximum Gasteiger partial charge on any atom is 0.134 e. The van der Waals surface area contributed by atoms with Crippen LogP contribution < -0.4 is 0 Å². The van der Waals surface area contributed by atoms with Crippen molar-refractivity contribution in [3.8, 4) is 11.4 Å². The molecule has 2 rings (SSSR count). The number of aliphatic hydroxyl groups excluding tert-OH is 1. The van der Waals surface area contributed by atoms with Crippen molar-refractivity contribution in [3.05, 3.63) is 28.0 Å². The van der Waals surface area contributed by atoms with E-state index < -0.39 is 0 Å². The zero-order chi connectivity index (χ0) is 12.4. The molecule has 2 aromatic rings. The third-order valence-corrected chi connectivity index (χ3v) is 3.39. The molecule has 0 atom stereocenters. The summed E-state index contributed by atoms with van der Waals surface area (Å²) in [5.41, 5.74) is 3.31. The van der Waals surface area contributed by atoms with Crippen molar-refractivity contribution >= 4 is 15.9 Å². The molecule has 0 aliphatic heterocycles. The van der Waals surface area contributed by atoms with Gasteiger partial charge in [-0.25, -0.2) is 0 Å². The van der Waals surface area contributed by atoms with Crippen molar-refractivity contribution < 1.29 is 5.11 Å². The molecule has 0 aliphatic rings. The second-order valence-electron chi connectivity index (χ2n) is 3.75. The van der Waals surface area contributed by atoms with Crippen LogP contribution >= 0.6 is 15.9 Å². The normalized spacial score (nSPS) is 10.8. The Morgan fingerprint density at radius 3 is 2.82 bits per heavy atom. The highest BCUT2D eigenvalue weighted by Gasteiger charge is 2.13. The Kier molecular flexibility index (Phi) is 3.54. The van der Waals surface area contributed by atoms with Crippen molar-refractivity contribution in [3.63, 3.8) is 0 Å². The summed E-state index contributed by atoms with van der Waals surface area (Å²) in [6.45, 7) is 2.00. The summed E-state index contributed by atoms with van der Waals surface area (Å²) in [7, 11) is 1.81. The highest BCUT2D eigenvalue weighted by atomic mass is 79.9. The molecule has 0 radical (unpaired) electrons. The monoisotopic (exact) mass is 296 g/mol. The molecule has 6 heteroatoms. The van der Waals surface area contributed by atoms with Crippen LogP contribution in [0.4, 0.5) is 0 Å². The van der Waals surface area contributed by atoms with Gasteiger partial charge >= 0.3 is 0 Å². The van der Waals surface area contributed by atoms with Gasteiger partial charge in [-0.3, -0.25) is 9.67 Å². The number of hydrogen-bond acceptors (Lipinski definition) is 4. The number of hydrogen-bond donors (Lipinski definition) is 1. The minimum Gasteiger partial charge on any atom is -0.396 e. The lowest BCUT2D eigenvalue weighted by Crippen LogP contribution is -2.02. The molecule has 0 amide bonds. The lowest BCUT2D eigenvalue weighted by atomic mass is 10.2. The van der Waals surface area contributed by atoms with Crippen molar-refractivity contribution in [2.24, 2.45) is 7.05 Å². The molecule has 0 saturated carbocycles. The van der Waals surface area contributed by atoms with Crippen LogP contribution in [-0.2, 0) is 13.5 Å². The number of halogens is 1. The summed E-state index contributed by atoms with van der Waals surface area (Å²) in [5, 5.41) is 17.1. The Labute approximate surface area is 108 Å². The average molecular weight is 297 g/mol. The molecule has 0 fully saturated rings. The van der Waals surface area contributed by atoms with E-state index in [0.29, 0.717) is 6.42 Å². The lowest BCUT2D eigenvalue weighted by molar-refractivity contribution is 0.296. The van der Waals surface area contributed by atoms with Crippen molar-refractivity contribution in [1.82, 2.24) is 20.0 Å². The van der Waals surface area contributed by atoms with Gasteiger partial charge in [0.1, 0.15) is 5.69 Å². The lowest BCUT2D eigenvalue weighted by Gasteiger charge is -2.04. The van der Waals surface area contributed by atoms with Crippen molar-refractivity contribution in [2.45, 2.75) is 13.3 Å². The van der Waals surface area contributed by atoms with Crippen LogP contribution in [0.3, 0.4) is 0 Å². The fourth-order valence-corrected chi connectivity index (χ4v) is 1.86. The highest BCUT2D eigenvalue weighted by molar-refractivity contribution is 9.10. The molecular weight excluding hydrogens is 284 g/mol. The van der Waals surface area contributed by atoms with Crippen molar-refractivity contribution in [1.29, 1.82) is 0 Å². The molecular formula is C11H13BrN4O. The second kappa shape index (κ2) is 4.93. The van der Waals surface area contributed by atoms with E-state index in [-0.39, 0.29) is 6.61 Å². The van der Waals surface area contributed by atoms with Gasteiger partial charge in [-0.15, -0.1) is 5.10 Å². The Hall–Kier alpha value is -1.27. The van der Waals surface area contributed by atoms with E-state index in [2.05, 4.69) is 31.2 Å². The van der Waals surface area contributed by atoms with Gasteiger partial charge in [0, 0.05) is 24.5 Å². The van der Waals surface area contributed by atoms with Crippen molar-refractivity contribution in [2.75, 3.05) is 6.61 Å². The highest BCUT2D eigenvalue weighted by Crippen LogP contribution is 2.22. The number of pyridine rings is 1. The molecule has 5 nitrogen and oxygen atoms in total. The first-order chi connectivity index (χ1) is 8.13. The van der Waals surface area contributed by atoms with E-state index >= 15 is 0 Å². The van der Waals surface area contributed by atoms with Gasteiger partial charge in [0.25, 0.3) is 0 Å². The Morgan fingerprint density at radius 2 is 2.18 bits per heavy atom. The Balaban J connectivity index is 2.48. The first-order valence-corrected chi connectivity index (χ1v) is 6.05. The maximum atomic E-state index is 9.04. The maximum absolute atomic E-state index is 9.04. The Morgan fingerprint density at radius 1 is 1.41 bits per heavy atom. The fraction of sp³-hybridized carbons (Fsp3) is 0.364. The number of aromatic nitrogens is 4. The second-order valence-corrected chi connectivity index (χ2v) is 4.60. The first-order valence-electron chi connectivity index (χ1n) is 5.26. The quantitative estimate of drug-likeness (QED) is 0.932. The SMILES string of the molecule is Cc1nc(-c2nnn(C)c2CCO)ccc1Br. The average Bonchev–Trinajstić information content (AvgIpc) is 2.66. The minimum absolute atomic E-state index is 0.0731. The van der Waals surface area contributed by atoms with E-state index in [1.807, 2.05) is 26.1 Å². The van der Waals surface area contributed by atoms with Crippen LogP contribution in [0.1, 0.15) is 11.4 Å². The number of nitrogens with zero attached hydrogens (tertiary/aromatic N) is 4. The van der Waals surface area contributed by atoms with Gasteiger partial charge in [0.2, 0.25) is 0 Å². The summed E-state index contributed by atoms with van der Waals surface area (Å²) in [5.74, 6) is 0. The van der Waals surface area contributed by atoms with E-state index in [0.717, 1.165) is 27.2 Å². The largest absolute Gasteiger partial charge is 0.396 e. The van der Waals surface area contributed by atoms with Gasteiger partial charge < -0.3 is 5.11 Å². The topological polar surface area (TPSA) is 63.8 Å². The molecule has 0 aliphatic carbocycles. The van der Waals surface area contributed by atoms with Crippen LogP contribution in [0, 0.1) is 6.92 Å². The van der Waals surface area contributed by atoms with Gasteiger partial charge in [0.15, 0.2) is 0 Å². The molecule has 90 valence electrons. The van der Waals surface area contributed by atoms with Crippen LogP contribution in [0.25, 0.3) is 11.4 Å². The zero-order valence-corrected chi connectivity index (χ0v) is 11.3. The fourth-order valence-electron chi connectivity index (χ4n) is 1.64. The third-order valence-electron chi connectivity index (χ3n) is 2.56. The van der Waals surface area contributed by atoms with Crippen LogP contribution in [0.15, 0.2) is 16.6 Å². The van der Waals surface area contributed by atoms with E-state index in [1.54, 1.807) is 4.68 Å². The van der Waals surface area contributed by atoms with Gasteiger partial charge in [0.05, 0.1) is 17.1 Å². The first kappa shape index (κ1) is 12.2. The number of aryl methyl sites for hydroxylation is 2. The predicted octanol–water partition coefficient (Wildman–Crippen LogP) is 1.48. The van der Waals surface area contributed by atoms with E-state index in [4.69, 9.17) is 5.11 Å². The molecule has 0 aromatic carbocycles. The van der Waals surface area contributed by atoms with E-state index in [1.165, 1.54) is 0 Å². The summed E-state index contributed by atoms with van der Waals surface area (Å²) in [6, 6.07) is 3.83. The number of aliphatic hydroxyl groups is 1. The van der Waals surface area contributed by atoms with Crippen LogP contribution in [0.5, 0.6) is 0 Å². The van der Waals surface area contributed by atoms with Gasteiger partial charge in [-0.05, 0) is 35.0 Å². The summed E-state index contributed by atoms with van der Waals surface area (Å²) >= 11 is 3.41. The van der Waals surface area contributed by atoms with Crippen LogP contribution in [-0.4, -0.2) is 31.7 Å². The standard InChI is InChI=1S/C11H13BrN4O/c1-7-8(12)3-4-9(13-7)11-10(5-6-17)16(2)15-14-11/h3-4,17H,5-6H2,1-2H3. The summed E-state index contributed by atoms with van der Waals surface area (Å²) < 4.78 is 2.64. The molecule has 2 aromatic heterocycles. The zero-order valence-electron chi connectivity index (χ0n) is 9.68. The van der Waals surface area contributed by atoms with E-state index in [9.17, 15) is 0 Å². The third kappa shape index (κ3) is 2.37. The molecule has 2 heterocycles. The molecule has 17 heavy (non-hydrogen) atoms. The number of rotatable bonds is 3.